The molecule has 1 aromatic rings. The Bertz CT molecular complexity index is 598. The predicted molar refractivity (Wildman–Crippen MR) is 76.7 cm³/mol. The molecule has 3 N–H and O–H groups in total. The molecule has 0 aliphatic heterocycles. The molecule has 0 aromatic heterocycles. The molecule has 5 nitrogen and oxygen atoms in total. The molecule has 5 heteroatoms. The molecule has 0 atom stereocenters. The zero-order valence-corrected chi connectivity index (χ0v) is 11.8. The van der Waals surface area contributed by atoms with Crippen molar-refractivity contribution in [1.82, 2.24) is 5.32 Å². The number of hydrogen-bond acceptors (Lipinski definition) is 4. The monoisotopic (exact) mass is 271 g/mol. The summed E-state index contributed by atoms with van der Waals surface area (Å²) in [4.78, 5) is 11.4. The molecule has 0 aliphatic rings. The van der Waals surface area contributed by atoms with Crippen LogP contribution in [0.5, 0.6) is 0 Å². The highest BCUT2D eigenvalue weighted by Crippen LogP contribution is 2.11. The molecule has 0 fully saturated rings. The van der Waals surface area contributed by atoms with Gasteiger partial charge in [0.25, 0.3) is 0 Å². The summed E-state index contributed by atoms with van der Waals surface area (Å²) in [6.45, 7) is 5.48. The fourth-order valence-electron chi connectivity index (χ4n) is 1.33. The van der Waals surface area contributed by atoms with Gasteiger partial charge in [-0.2, -0.15) is 5.26 Å². The van der Waals surface area contributed by atoms with Gasteiger partial charge in [0, 0.05) is 11.3 Å². The van der Waals surface area contributed by atoms with E-state index < -0.39 is 11.7 Å². The van der Waals surface area contributed by atoms with Crippen LogP contribution >= 0.6 is 0 Å². The molecule has 1 amide bonds. The summed E-state index contributed by atoms with van der Waals surface area (Å²) in [6.07, 6.45) is -0.528. The van der Waals surface area contributed by atoms with Gasteiger partial charge in [0.15, 0.2) is 0 Å². The Hall–Kier alpha value is -2.66. The minimum absolute atomic E-state index is 0.134. The molecule has 0 bridgehead atoms. The van der Waals surface area contributed by atoms with E-state index in [1.54, 1.807) is 39.0 Å². The SMILES string of the molecule is CC(C)(C)OC(=O)NCC#Cc1cc(N)ccc1C#N. The number of anilines is 1. The van der Waals surface area contributed by atoms with Crippen LogP contribution in [0.3, 0.4) is 0 Å². The second kappa shape index (κ2) is 6.49. The van der Waals surface area contributed by atoms with E-state index in [2.05, 4.69) is 17.2 Å². The fraction of sp³-hybridized carbons (Fsp3) is 0.333. The average molecular weight is 271 g/mol. The number of carbonyl (C=O) groups excluding carboxylic acids is 1. The van der Waals surface area contributed by atoms with Crippen molar-refractivity contribution in [3.63, 3.8) is 0 Å². The maximum atomic E-state index is 11.4. The lowest BCUT2D eigenvalue weighted by atomic mass is 10.1. The first-order chi connectivity index (χ1) is 9.31. The third-order valence-electron chi connectivity index (χ3n) is 2.11. The highest BCUT2D eigenvalue weighted by molar-refractivity contribution is 5.68. The van der Waals surface area contributed by atoms with Gasteiger partial charge in [0.2, 0.25) is 0 Å². The summed E-state index contributed by atoms with van der Waals surface area (Å²) in [5.41, 5.74) is 6.62. The van der Waals surface area contributed by atoms with Crippen LogP contribution in [0.4, 0.5) is 10.5 Å². The second-order valence-corrected chi connectivity index (χ2v) is 5.07. The van der Waals surface area contributed by atoms with Gasteiger partial charge in [0.1, 0.15) is 11.7 Å². The maximum Gasteiger partial charge on any atom is 0.408 e. The van der Waals surface area contributed by atoms with Crippen molar-refractivity contribution in [2.45, 2.75) is 26.4 Å². The van der Waals surface area contributed by atoms with Gasteiger partial charge >= 0.3 is 6.09 Å². The number of hydrogen-bond donors (Lipinski definition) is 2. The number of rotatable bonds is 1. The zero-order chi connectivity index (χ0) is 15.2. The van der Waals surface area contributed by atoms with E-state index in [0.29, 0.717) is 16.8 Å². The number of nitrogens with one attached hydrogen (secondary N) is 1. The molecule has 0 radical (unpaired) electrons. The van der Waals surface area contributed by atoms with Crippen LogP contribution in [0, 0.1) is 23.2 Å². The topological polar surface area (TPSA) is 88.1 Å². The summed E-state index contributed by atoms with van der Waals surface area (Å²) < 4.78 is 5.06. The third kappa shape index (κ3) is 5.32. The zero-order valence-electron chi connectivity index (χ0n) is 11.8. The first-order valence-electron chi connectivity index (χ1n) is 6.07. The van der Waals surface area contributed by atoms with Gasteiger partial charge < -0.3 is 15.8 Å². The molecule has 0 saturated heterocycles. The molecule has 0 saturated carbocycles. The van der Waals surface area contributed by atoms with Crippen LogP contribution < -0.4 is 11.1 Å². The molecule has 0 unspecified atom stereocenters. The molecule has 1 rings (SSSR count). The number of nitrogens with zero attached hydrogens (tertiary/aromatic N) is 1. The van der Waals surface area contributed by atoms with E-state index in [1.807, 2.05) is 6.07 Å². The van der Waals surface area contributed by atoms with Crippen molar-refractivity contribution in [2.24, 2.45) is 0 Å². The molecule has 104 valence electrons. The number of nitrogens with two attached hydrogens (primary N) is 1. The molecule has 0 spiro atoms. The Labute approximate surface area is 118 Å². The highest BCUT2D eigenvalue weighted by Gasteiger charge is 2.14. The summed E-state index contributed by atoms with van der Waals surface area (Å²) in [5.74, 6) is 5.55. The van der Waals surface area contributed by atoms with Crippen molar-refractivity contribution in [3.05, 3.63) is 29.3 Å². The summed E-state index contributed by atoms with van der Waals surface area (Å²) in [6, 6.07) is 6.91. The van der Waals surface area contributed by atoms with Gasteiger partial charge in [-0.15, -0.1) is 0 Å². The van der Waals surface area contributed by atoms with Crippen LogP contribution in [0.2, 0.25) is 0 Å². The number of carbonyl (C=O) groups is 1. The van der Waals surface area contributed by atoms with Gasteiger partial charge in [-0.3, -0.25) is 0 Å². The van der Waals surface area contributed by atoms with Crippen LogP contribution in [0.15, 0.2) is 18.2 Å². The largest absolute Gasteiger partial charge is 0.444 e. The molecule has 20 heavy (non-hydrogen) atoms. The minimum atomic E-state index is -0.542. The Balaban J connectivity index is 2.62. The molecular weight excluding hydrogens is 254 g/mol. The quantitative estimate of drug-likeness (QED) is 0.604. The standard InChI is InChI=1S/C15H17N3O2/c1-15(2,3)20-14(19)18-8-4-5-11-9-13(17)7-6-12(11)10-16/h6-7,9H,8,17H2,1-3H3,(H,18,19). The van der Waals surface area contributed by atoms with Crippen molar-refractivity contribution < 1.29 is 9.53 Å². The van der Waals surface area contributed by atoms with E-state index in [1.165, 1.54) is 0 Å². The lowest BCUT2D eigenvalue weighted by molar-refractivity contribution is 0.0535. The normalized spacial score (nSPS) is 9.90. The molecule has 1 aromatic carbocycles. The van der Waals surface area contributed by atoms with Crippen molar-refractivity contribution in [3.8, 4) is 17.9 Å². The maximum absolute atomic E-state index is 11.4. The van der Waals surface area contributed by atoms with Crippen molar-refractivity contribution in [1.29, 1.82) is 5.26 Å². The number of benzene rings is 1. The predicted octanol–water partition coefficient (Wildman–Crippen LogP) is 2.02. The lowest BCUT2D eigenvalue weighted by Gasteiger charge is -2.19. The summed E-state index contributed by atoms with van der Waals surface area (Å²) in [7, 11) is 0. The van der Waals surface area contributed by atoms with Gasteiger partial charge in [-0.25, -0.2) is 4.79 Å². The Kier molecular flexibility index (Phi) is 5.00. The molecular formula is C15H17N3O2. The number of nitriles is 1. The Morgan fingerprint density at radius 3 is 2.70 bits per heavy atom. The van der Waals surface area contributed by atoms with Crippen molar-refractivity contribution in [2.75, 3.05) is 12.3 Å². The first-order valence-corrected chi connectivity index (χ1v) is 6.07. The first kappa shape index (κ1) is 15.4. The Morgan fingerprint density at radius 2 is 2.10 bits per heavy atom. The van der Waals surface area contributed by atoms with Gasteiger partial charge in [-0.1, -0.05) is 11.8 Å². The fourth-order valence-corrected chi connectivity index (χ4v) is 1.33. The van der Waals surface area contributed by atoms with Crippen molar-refractivity contribution >= 4 is 11.8 Å². The number of alkyl carbamates (subject to hydrolysis) is 1. The van der Waals surface area contributed by atoms with E-state index in [-0.39, 0.29) is 6.54 Å². The van der Waals surface area contributed by atoms with Crippen LogP contribution in [-0.4, -0.2) is 18.2 Å². The van der Waals surface area contributed by atoms with Crippen LogP contribution in [0.25, 0.3) is 0 Å². The highest BCUT2D eigenvalue weighted by atomic mass is 16.6. The smallest absolute Gasteiger partial charge is 0.408 e. The Morgan fingerprint density at radius 1 is 1.40 bits per heavy atom. The number of amides is 1. The van der Waals surface area contributed by atoms with Crippen LogP contribution in [0.1, 0.15) is 31.9 Å². The average Bonchev–Trinajstić information content (AvgIpc) is 2.33. The lowest BCUT2D eigenvalue weighted by Crippen LogP contribution is -2.32. The number of nitrogen functional groups attached to an aromatic ring is 1. The van der Waals surface area contributed by atoms with E-state index in [0.717, 1.165) is 0 Å². The second-order valence-electron chi connectivity index (χ2n) is 5.07. The van der Waals surface area contributed by atoms with E-state index >= 15 is 0 Å². The van der Waals surface area contributed by atoms with Gasteiger partial charge in [0.05, 0.1) is 12.1 Å². The van der Waals surface area contributed by atoms with Crippen LogP contribution in [-0.2, 0) is 4.74 Å². The third-order valence-corrected chi connectivity index (χ3v) is 2.11. The molecule has 0 aliphatic carbocycles. The summed E-state index contributed by atoms with van der Waals surface area (Å²) in [5, 5.41) is 11.4. The molecule has 0 heterocycles. The number of ether oxygens (including phenoxy) is 1. The van der Waals surface area contributed by atoms with Gasteiger partial charge in [-0.05, 0) is 39.0 Å². The summed E-state index contributed by atoms with van der Waals surface area (Å²) >= 11 is 0. The van der Waals surface area contributed by atoms with E-state index in [4.69, 9.17) is 15.7 Å². The minimum Gasteiger partial charge on any atom is -0.444 e. The van der Waals surface area contributed by atoms with E-state index in [9.17, 15) is 4.79 Å².